The molecule has 1 aromatic heterocycles. The number of nitrogens with zero attached hydrogens (tertiary/aromatic N) is 3. The number of nitro benzene ring substituents is 1. The van der Waals surface area contributed by atoms with E-state index in [1.54, 1.807) is 4.68 Å². The Bertz CT molecular complexity index is 681. The number of nitro groups is 1. The molecule has 0 amide bonds. The lowest BCUT2D eigenvalue weighted by molar-refractivity contribution is -0.385. The zero-order chi connectivity index (χ0) is 13.6. The van der Waals surface area contributed by atoms with Gasteiger partial charge in [-0.2, -0.15) is 5.10 Å². The number of rotatable bonds is 1. The number of fused-ring (bicyclic) bond motifs is 3. The number of benzene rings is 1. The van der Waals surface area contributed by atoms with Crippen molar-refractivity contribution in [2.75, 3.05) is 6.61 Å². The largest absolute Gasteiger partial charge is 0.486 e. The highest BCUT2D eigenvalue weighted by atomic mass is 79.9. The molecule has 0 bridgehead atoms. The van der Waals surface area contributed by atoms with Crippen molar-refractivity contribution in [2.24, 2.45) is 7.05 Å². The van der Waals surface area contributed by atoms with Crippen LogP contribution in [0.1, 0.15) is 5.69 Å². The SMILES string of the molecule is Cn1cc2c(n1)CCOc1c-2cc(Br)cc1[N+](=O)[O-]. The molecule has 0 unspecified atom stereocenters. The van der Waals surface area contributed by atoms with Crippen LogP contribution in [0.4, 0.5) is 5.69 Å². The minimum absolute atomic E-state index is 0.0268. The Morgan fingerprint density at radius 2 is 2.26 bits per heavy atom. The number of aromatic nitrogens is 2. The quantitative estimate of drug-likeness (QED) is 0.597. The first-order valence-electron chi connectivity index (χ1n) is 5.70. The van der Waals surface area contributed by atoms with Crippen molar-refractivity contribution in [2.45, 2.75) is 6.42 Å². The highest BCUT2D eigenvalue weighted by molar-refractivity contribution is 9.10. The molecule has 3 rings (SSSR count). The van der Waals surface area contributed by atoms with Gasteiger partial charge in [0.25, 0.3) is 0 Å². The first kappa shape index (κ1) is 12.2. The molecule has 6 nitrogen and oxygen atoms in total. The van der Waals surface area contributed by atoms with Gasteiger partial charge in [-0.1, -0.05) is 15.9 Å². The number of aryl methyl sites for hydroxylation is 1. The van der Waals surface area contributed by atoms with Crippen LogP contribution in [0.3, 0.4) is 0 Å². The predicted molar refractivity (Wildman–Crippen MR) is 72.2 cm³/mol. The van der Waals surface area contributed by atoms with E-state index in [-0.39, 0.29) is 5.69 Å². The molecular formula is C12H10BrN3O3. The van der Waals surface area contributed by atoms with Crippen molar-refractivity contribution in [1.82, 2.24) is 9.78 Å². The van der Waals surface area contributed by atoms with Crippen molar-refractivity contribution in [1.29, 1.82) is 0 Å². The Morgan fingerprint density at radius 3 is 3.00 bits per heavy atom. The molecule has 7 heteroatoms. The third-order valence-corrected chi connectivity index (χ3v) is 3.47. The summed E-state index contributed by atoms with van der Waals surface area (Å²) < 4.78 is 7.93. The van der Waals surface area contributed by atoms with E-state index in [2.05, 4.69) is 21.0 Å². The fraction of sp³-hybridized carbons (Fsp3) is 0.250. The summed E-state index contributed by atoms with van der Waals surface area (Å²) >= 11 is 3.31. The van der Waals surface area contributed by atoms with E-state index < -0.39 is 4.92 Å². The van der Waals surface area contributed by atoms with Gasteiger partial charge in [-0.05, 0) is 6.07 Å². The number of ether oxygens (including phenoxy) is 1. The van der Waals surface area contributed by atoms with Gasteiger partial charge < -0.3 is 4.74 Å². The van der Waals surface area contributed by atoms with Crippen molar-refractivity contribution >= 4 is 21.6 Å². The summed E-state index contributed by atoms with van der Waals surface area (Å²) in [5.74, 6) is 0.319. The van der Waals surface area contributed by atoms with E-state index in [1.165, 1.54) is 6.07 Å². The van der Waals surface area contributed by atoms with Gasteiger partial charge in [-0.15, -0.1) is 0 Å². The Labute approximate surface area is 117 Å². The molecular weight excluding hydrogens is 314 g/mol. The summed E-state index contributed by atoms with van der Waals surface area (Å²) in [6.07, 6.45) is 2.50. The summed E-state index contributed by atoms with van der Waals surface area (Å²) in [7, 11) is 1.83. The maximum absolute atomic E-state index is 11.1. The second-order valence-electron chi connectivity index (χ2n) is 4.32. The molecule has 0 spiro atoms. The molecule has 0 atom stereocenters. The number of halogens is 1. The third kappa shape index (κ3) is 1.99. The van der Waals surface area contributed by atoms with E-state index in [0.717, 1.165) is 11.3 Å². The summed E-state index contributed by atoms with van der Waals surface area (Å²) in [5, 5.41) is 15.5. The standard InChI is InChI=1S/C12H10BrN3O3/c1-15-6-9-8-4-7(13)5-11(16(17)18)12(8)19-3-2-10(9)14-15/h4-6H,2-3H2,1H3. The lowest BCUT2D eigenvalue weighted by atomic mass is 10.0. The van der Waals surface area contributed by atoms with Crippen LogP contribution < -0.4 is 4.74 Å². The fourth-order valence-electron chi connectivity index (χ4n) is 2.26. The number of hydrogen-bond acceptors (Lipinski definition) is 4. The smallest absolute Gasteiger partial charge is 0.312 e. The second kappa shape index (κ2) is 4.34. The van der Waals surface area contributed by atoms with Gasteiger partial charge in [0.05, 0.1) is 17.2 Å². The minimum Gasteiger partial charge on any atom is -0.486 e. The molecule has 0 saturated carbocycles. The lowest BCUT2D eigenvalue weighted by Crippen LogP contribution is -2.02. The highest BCUT2D eigenvalue weighted by Crippen LogP contribution is 2.43. The molecule has 0 N–H and O–H groups in total. The summed E-state index contributed by atoms with van der Waals surface area (Å²) in [5.41, 5.74) is 2.47. The zero-order valence-corrected chi connectivity index (χ0v) is 11.7. The Kier molecular flexibility index (Phi) is 2.78. The van der Waals surface area contributed by atoms with Crippen LogP contribution in [-0.4, -0.2) is 21.3 Å². The van der Waals surface area contributed by atoms with E-state index >= 15 is 0 Å². The average molecular weight is 324 g/mol. The van der Waals surface area contributed by atoms with E-state index in [9.17, 15) is 10.1 Å². The molecule has 0 saturated heterocycles. The molecule has 0 fully saturated rings. The van der Waals surface area contributed by atoms with Gasteiger partial charge in [-0.3, -0.25) is 14.8 Å². The Hall–Kier alpha value is -1.89. The molecule has 2 aromatic rings. The highest BCUT2D eigenvalue weighted by Gasteiger charge is 2.26. The normalized spacial score (nSPS) is 13.2. The molecule has 1 aromatic carbocycles. The Morgan fingerprint density at radius 1 is 1.47 bits per heavy atom. The number of hydrogen-bond donors (Lipinski definition) is 0. The lowest BCUT2D eigenvalue weighted by Gasteiger charge is -2.08. The monoisotopic (exact) mass is 323 g/mol. The maximum Gasteiger partial charge on any atom is 0.312 e. The van der Waals surface area contributed by atoms with Crippen LogP contribution in [0.25, 0.3) is 11.1 Å². The molecule has 1 aliphatic rings. The zero-order valence-electron chi connectivity index (χ0n) is 10.1. The van der Waals surface area contributed by atoms with Crippen molar-refractivity contribution < 1.29 is 9.66 Å². The molecule has 2 heterocycles. The van der Waals surface area contributed by atoms with Crippen LogP contribution in [0.15, 0.2) is 22.8 Å². The topological polar surface area (TPSA) is 70.2 Å². The van der Waals surface area contributed by atoms with Crippen molar-refractivity contribution in [3.8, 4) is 16.9 Å². The van der Waals surface area contributed by atoms with Gasteiger partial charge in [0, 0.05) is 41.3 Å². The van der Waals surface area contributed by atoms with Crippen LogP contribution in [0.2, 0.25) is 0 Å². The molecule has 19 heavy (non-hydrogen) atoms. The van der Waals surface area contributed by atoms with E-state index in [0.29, 0.717) is 28.8 Å². The molecule has 0 aliphatic carbocycles. The maximum atomic E-state index is 11.1. The minimum atomic E-state index is -0.426. The third-order valence-electron chi connectivity index (χ3n) is 3.01. The van der Waals surface area contributed by atoms with Gasteiger partial charge in [0.2, 0.25) is 5.75 Å². The summed E-state index contributed by atoms with van der Waals surface area (Å²) in [6.45, 7) is 0.388. The van der Waals surface area contributed by atoms with Crippen molar-refractivity contribution in [3.63, 3.8) is 0 Å². The molecule has 98 valence electrons. The Balaban J connectivity index is 2.32. The van der Waals surface area contributed by atoms with Crippen molar-refractivity contribution in [3.05, 3.63) is 38.6 Å². The van der Waals surface area contributed by atoms with Gasteiger partial charge >= 0.3 is 5.69 Å². The van der Waals surface area contributed by atoms with Gasteiger partial charge in [-0.25, -0.2) is 0 Å². The van der Waals surface area contributed by atoms with Crippen LogP contribution in [0, 0.1) is 10.1 Å². The first-order valence-corrected chi connectivity index (χ1v) is 6.49. The van der Waals surface area contributed by atoms with Crippen LogP contribution >= 0.6 is 15.9 Å². The summed E-state index contributed by atoms with van der Waals surface area (Å²) in [4.78, 5) is 10.7. The van der Waals surface area contributed by atoms with Crippen LogP contribution in [-0.2, 0) is 13.5 Å². The summed E-state index contributed by atoms with van der Waals surface area (Å²) in [6, 6.07) is 3.29. The second-order valence-corrected chi connectivity index (χ2v) is 5.24. The predicted octanol–water partition coefficient (Wildman–Crippen LogP) is 2.69. The molecule has 0 radical (unpaired) electrons. The molecule has 1 aliphatic heterocycles. The fourth-order valence-corrected chi connectivity index (χ4v) is 2.71. The van der Waals surface area contributed by atoms with E-state index in [4.69, 9.17) is 4.74 Å². The van der Waals surface area contributed by atoms with Gasteiger partial charge in [0.15, 0.2) is 0 Å². The van der Waals surface area contributed by atoms with E-state index in [1.807, 2.05) is 19.3 Å². The average Bonchev–Trinajstić information content (AvgIpc) is 2.63. The van der Waals surface area contributed by atoms with Gasteiger partial charge in [0.1, 0.15) is 0 Å². The van der Waals surface area contributed by atoms with Crippen LogP contribution in [0.5, 0.6) is 5.75 Å². The first-order chi connectivity index (χ1) is 9.06.